The molecule has 1 atom stereocenters. The molecule has 1 amide bonds. The fourth-order valence-corrected chi connectivity index (χ4v) is 3.55. The Kier molecular flexibility index (Phi) is 4.96. The van der Waals surface area contributed by atoms with Gasteiger partial charge in [-0.3, -0.25) is 4.79 Å². The Morgan fingerprint density at radius 3 is 2.62 bits per heavy atom. The first-order valence-corrected chi connectivity index (χ1v) is 7.42. The molecule has 0 aromatic rings. The smallest absolute Gasteiger partial charge is 0.381 e. The Hall–Kier alpha value is -1.04. The molecule has 3 nitrogen and oxygen atoms in total. The zero-order valence-electron chi connectivity index (χ0n) is 12.1. The number of hydrogen-bond donors (Lipinski definition) is 0. The minimum Gasteiger partial charge on any atom is -0.381 e. The number of rotatable bonds is 3. The number of carbonyl (C=O) groups is 1. The lowest BCUT2D eigenvalue weighted by Crippen LogP contribution is -2.56. The summed E-state index contributed by atoms with van der Waals surface area (Å²) in [4.78, 5) is 13.7. The molecule has 1 unspecified atom stereocenters. The second-order valence-electron chi connectivity index (χ2n) is 6.00. The summed E-state index contributed by atoms with van der Waals surface area (Å²) in [7, 11) is 0. The minimum atomic E-state index is -4.20. The van der Waals surface area contributed by atoms with Gasteiger partial charge >= 0.3 is 6.18 Å². The summed E-state index contributed by atoms with van der Waals surface area (Å²) in [5.74, 6) is -1.39. The molecule has 2 rings (SSSR count). The van der Waals surface area contributed by atoms with E-state index in [2.05, 4.69) is 6.58 Å². The van der Waals surface area contributed by atoms with Crippen molar-refractivity contribution in [1.29, 1.82) is 0 Å². The maximum Gasteiger partial charge on any atom is 0.392 e. The third-order valence-corrected chi connectivity index (χ3v) is 4.73. The van der Waals surface area contributed by atoms with Crippen LogP contribution in [0.25, 0.3) is 0 Å². The van der Waals surface area contributed by atoms with E-state index < -0.39 is 17.5 Å². The average Bonchev–Trinajstić information content (AvgIpc) is 2.44. The fraction of sp³-hybridized carbons (Fsp3) is 0.800. The van der Waals surface area contributed by atoms with Crippen LogP contribution in [0.3, 0.4) is 0 Å². The predicted molar refractivity (Wildman–Crippen MR) is 72.7 cm³/mol. The number of piperidine rings is 1. The van der Waals surface area contributed by atoms with Gasteiger partial charge in [0.25, 0.3) is 0 Å². The van der Waals surface area contributed by atoms with Crippen molar-refractivity contribution in [2.24, 2.45) is 11.3 Å². The van der Waals surface area contributed by atoms with E-state index in [4.69, 9.17) is 4.74 Å². The molecule has 2 aliphatic rings. The van der Waals surface area contributed by atoms with E-state index in [1.54, 1.807) is 11.0 Å². The van der Waals surface area contributed by atoms with Crippen LogP contribution in [0.15, 0.2) is 12.7 Å². The molecule has 0 saturated carbocycles. The van der Waals surface area contributed by atoms with Gasteiger partial charge < -0.3 is 9.64 Å². The van der Waals surface area contributed by atoms with Crippen LogP contribution in [0.5, 0.6) is 0 Å². The number of amides is 1. The molecule has 6 heteroatoms. The number of nitrogens with zero attached hydrogens (tertiary/aromatic N) is 1. The highest BCUT2D eigenvalue weighted by atomic mass is 19.4. The van der Waals surface area contributed by atoms with Crippen molar-refractivity contribution in [3.63, 3.8) is 0 Å². The van der Waals surface area contributed by atoms with E-state index >= 15 is 0 Å². The maximum atomic E-state index is 13.3. The van der Waals surface area contributed by atoms with Crippen LogP contribution in [0.2, 0.25) is 0 Å². The summed E-state index contributed by atoms with van der Waals surface area (Å²) < 4.78 is 45.3. The van der Waals surface area contributed by atoms with Gasteiger partial charge in [0, 0.05) is 38.1 Å². The highest BCUT2D eigenvalue weighted by Crippen LogP contribution is 2.50. The summed E-state index contributed by atoms with van der Waals surface area (Å²) in [5.41, 5.74) is -0.863. The number of ether oxygens (including phenoxy) is 1. The van der Waals surface area contributed by atoms with Gasteiger partial charge in [0.05, 0.1) is 5.92 Å². The molecule has 2 heterocycles. The van der Waals surface area contributed by atoms with Crippen LogP contribution >= 0.6 is 0 Å². The lowest BCUT2D eigenvalue weighted by atomic mass is 9.65. The zero-order valence-corrected chi connectivity index (χ0v) is 12.1. The minimum absolute atomic E-state index is 0.00330. The average molecular weight is 305 g/mol. The Balaban J connectivity index is 2.13. The highest BCUT2D eigenvalue weighted by molar-refractivity contribution is 5.76. The van der Waals surface area contributed by atoms with Crippen LogP contribution in [0.4, 0.5) is 13.2 Å². The molecule has 0 aliphatic carbocycles. The van der Waals surface area contributed by atoms with Crippen molar-refractivity contribution < 1.29 is 22.7 Å². The number of allylic oxidation sites excluding steroid dienone is 1. The zero-order chi connectivity index (χ0) is 15.5. The number of carbonyl (C=O) groups excluding carboxylic acids is 1. The first kappa shape index (κ1) is 16.3. The standard InChI is InChI=1S/C15H22F3NO2/c1-2-3-4-13(20)19-8-5-12(15(16,17)18)14(11-19)6-9-21-10-7-14/h2,12H,1,3-11H2. The van der Waals surface area contributed by atoms with E-state index in [0.29, 0.717) is 38.9 Å². The number of alkyl halides is 3. The van der Waals surface area contributed by atoms with Gasteiger partial charge in [-0.25, -0.2) is 0 Å². The second kappa shape index (κ2) is 6.38. The first-order valence-electron chi connectivity index (χ1n) is 7.42. The Morgan fingerprint density at radius 2 is 2.05 bits per heavy atom. The van der Waals surface area contributed by atoms with Crippen molar-refractivity contribution in [2.45, 2.75) is 38.3 Å². The van der Waals surface area contributed by atoms with Crippen LogP contribution in [-0.4, -0.2) is 43.3 Å². The first-order chi connectivity index (χ1) is 9.89. The SMILES string of the molecule is C=CCCC(=O)N1CCC(C(F)(F)F)C2(CCOCC2)C1. The molecule has 2 fully saturated rings. The monoisotopic (exact) mass is 305 g/mol. The maximum absolute atomic E-state index is 13.3. The molecule has 0 radical (unpaired) electrons. The van der Waals surface area contributed by atoms with Crippen LogP contribution < -0.4 is 0 Å². The van der Waals surface area contributed by atoms with E-state index in [9.17, 15) is 18.0 Å². The normalized spacial score (nSPS) is 25.9. The van der Waals surface area contributed by atoms with Crippen LogP contribution in [0.1, 0.15) is 32.1 Å². The van der Waals surface area contributed by atoms with E-state index in [-0.39, 0.29) is 25.4 Å². The summed E-state index contributed by atoms with van der Waals surface area (Å²) in [6, 6.07) is 0. The Labute approximate surface area is 123 Å². The molecule has 0 aromatic heterocycles. The summed E-state index contributed by atoms with van der Waals surface area (Å²) in [5, 5.41) is 0. The van der Waals surface area contributed by atoms with Crippen molar-refractivity contribution in [2.75, 3.05) is 26.3 Å². The number of likely N-dealkylation sites (tertiary alicyclic amines) is 1. The van der Waals surface area contributed by atoms with E-state index in [0.717, 1.165) is 0 Å². The molecule has 0 N–H and O–H groups in total. The predicted octanol–water partition coefficient (Wildman–Crippen LogP) is 3.16. The van der Waals surface area contributed by atoms with Crippen molar-refractivity contribution in [3.8, 4) is 0 Å². The molecule has 1 spiro atoms. The Morgan fingerprint density at radius 1 is 1.38 bits per heavy atom. The third kappa shape index (κ3) is 3.59. The summed E-state index contributed by atoms with van der Waals surface area (Å²) in [6.45, 7) is 4.67. The molecular formula is C15H22F3NO2. The summed E-state index contributed by atoms with van der Waals surface area (Å²) in [6.07, 6.45) is -0.896. The highest BCUT2D eigenvalue weighted by Gasteiger charge is 2.56. The molecule has 2 saturated heterocycles. The fourth-order valence-electron chi connectivity index (χ4n) is 3.55. The van der Waals surface area contributed by atoms with E-state index in [1.165, 1.54) is 0 Å². The van der Waals surface area contributed by atoms with Gasteiger partial charge in [-0.2, -0.15) is 13.2 Å². The van der Waals surface area contributed by atoms with Crippen LogP contribution in [-0.2, 0) is 9.53 Å². The van der Waals surface area contributed by atoms with Crippen molar-refractivity contribution in [1.82, 2.24) is 4.90 Å². The van der Waals surface area contributed by atoms with Crippen molar-refractivity contribution in [3.05, 3.63) is 12.7 Å². The molecule has 0 aromatic carbocycles. The second-order valence-corrected chi connectivity index (χ2v) is 6.00. The topological polar surface area (TPSA) is 29.5 Å². The lowest BCUT2D eigenvalue weighted by Gasteiger charge is -2.50. The number of hydrogen-bond acceptors (Lipinski definition) is 2. The molecule has 21 heavy (non-hydrogen) atoms. The van der Waals surface area contributed by atoms with Gasteiger partial charge in [-0.05, 0) is 25.7 Å². The summed E-state index contributed by atoms with van der Waals surface area (Å²) >= 11 is 0. The Bertz CT molecular complexity index is 389. The van der Waals surface area contributed by atoms with Gasteiger partial charge in [-0.15, -0.1) is 6.58 Å². The molecular weight excluding hydrogens is 283 g/mol. The van der Waals surface area contributed by atoms with Crippen molar-refractivity contribution >= 4 is 5.91 Å². The lowest BCUT2D eigenvalue weighted by molar-refractivity contribution is -0.235. The third-order valence-electron chi connectivity index (χ3n) is 4.73. The van der Waals surface area contributed by atoms with E-state index in [1.807, 2.05) is 0 Å². The van der Waals surface area contributed by atoms with Crippen LogP contribution in [0, 0.1) is 11.3 Å². The number of halogens is 3. The van der Waals surface area contributed by atoms with Gasteiger partial charge in [0.15, 0.2) is 0 Å². The molecule has 2 aliphatic heterocycles. The molecule has 0 bridgehead atoms. The largest absolute Gasteiger partial charge is 0.392 e. The molecule has 120 valence electrons. The van der Waals surface area contributed by atoms with Gasteiger partial charge in [0.1, 0.15) is 0 Å². The quantitative estimate of drug-likeness (QED) is 0.750. The van der Waals surface area contributed by atoms with Gasteiger partial charge in [0.2, 0.25) is 5.91 Å². The van der Waals surface area contributed by atoms with Gasteiger partial charge in [-0.1, -0.05) is 6.08 Å².